The highest BCUT2D eigenvalue weighted by Gasteiger charge is 2.30. The van der Waals surface area contributed by atoms with E-state index in [0.29, 0.717) is 5.75 Å². The molecule has 4 unspecified atom stereocenters. The number of hydrogen-bond donors (Lipinski definition) is 6. The molecule has 1 rings (SSSR count). The average Bonchev–Trinajstić information content (AvgIpc) is 2.83. The molecule has 1 aromatic carbocycles. The first-order valence-electron chi connectivity index (χ1n) is 11.7. The summed E-state index contributed by atoms with van der Waals surface area (Å²) in [7, 11) is 0. The first-order chi connectivity index (χ1) is 17.0. The van der Waals surface area contributed by atoms with Gasteiger partial charge in [0, 0.05) is 12.8 Å². The van der Waals surface area contributed by atoms with Gasteiger partial charge in [0.1, 0.15) is 18.1 Å². The number of aliphatic carboxylic acids is 1. The number of thioether (sulfide) groups is 1. The number of nitrogens with two attached hydrogens (primary N) is 2. The molecule has 200 valence electrons. The SMILES string of the molecule is CSCCC(NC(=O)C(Cc1ccccc1)NC(=O)C(N)C(C)C)C(=O)NC(CCC(N)=O)C(=O)O. The summed E-state index contributed by atoms with van der Waals surface area (Å²) in [5, 5.41) is 17.1. The molecule has 0 aliphatic heterocycles. The highest BCUT2D eigenvalue weighted by molar-refractivity contribution is 7.98. The van der Waals surface area contributed by atoms with Crippen LogP contribution in [0.1, 0.15) is 38.7 Å². The summed E-state index contributed by atoms with van der Waals surface area (Å²) in [4.78, 5) is 61.4. The molecule has 12 heteroatoms. The smallest absolute Gasteiger partial charge is 0.326 e. The van der Waals surface area contributed by atoms with E-state index in [1.54, 1.807) is 26.0 Å². The van der Waals surface area contributed by atoms with Gasteiger partial charge in [0.2, 0.25) is 23.6 Å². The Morgan fingerprint density at radius 1 is 0.889 bits per heavy atom. The monoisotopic (exact) mass is 523 g/mol. The van der Waals surface area contributed by atoms with Crippen molar-refractivity contribution in [1.29, 1.82) is 0 Å². The van der Waals surface area contributed by atoms with E-state index in [1.165, 1.54) is 11.8 Å². The van der Waals surface area contributed by atoms with Crippen molar-refractivity contribution in [3.8, 4) is 0 Å². The third-order valence-corrected chi connectivity index (χ3v) is 6.12. The highest BCUT2D eigenvalue weighted by Crippen LogP contribution is 2.08. The van der Waals surface area contributed by atoms with Crippen LogP contribution in [0, 0.1) is 5.92 Å². The summed E-state index contributed by atoms with van der Waals surface area (Å²) in [5.41, 5.74) is 11.8. The van der Waals surface area contributed by atoms with E-state index < -0.39 is 53.8 Å². The van der Waals surface area contributed by atoms with Gasteiger partial charge in [-0.05, 0) is 36.3 Å². The molecule has 0 heterocycles. The largest absolute Gasteiger partial charge is 0.480 e. The molecule has 1 aromatic rings. The molecule has 8 N–H and O–H groups in total. The van der Waals surface area contributed by atoms with Gasteiger partial charge in [-0.1, -0.05) is 44.2 Å². The Labute approximate surface area is 215 Å². The van der Waals surface area contributed by atoms with Crippen LogP contribution >= 0.6 is 11.8 Å². The zero-order valence-electron chi connectivity index (χ0n) is 20.9. The molecule has 0 saturated carbocycles. The molecule has 4 atom stereocenters. The summed E-state index contributed by atoms with van der Waals surface area (Å²) in [6.45, 7) is 3.58. The predicted octanol–water partition coefficient (Wildman–Crippen LogP) is -0.230. The van der Waals surface area contributed by atoms with Crippen LogP contribution in [0.25, 0.3) is 0 Å². The summed E-state index contributed by atoms with van der Waals surface area (Å²) in [6.07, 6.45) is 1.81. The van der Waals surface area contributed by atoms with Gasteiger partial charge in [-0.3, -0.25) is 19.2 Å². The third-order valence-electron chi connectivity index (χ3n) is 5.47. The van der Waals surface area contributed by atoms with E-state index >= 15 is 0 Å². The zero-order chi connectivity index (χ0) is 27.3. The second kappa shape index (κ2) is 15.8. The second-order valence-corrected chi connectivity index (χ2v) is 9.75. The number of amides is 4. The van der Waals surface area contributed by atoms with Crippen LogP contribution in [-0.4, -0.2) is 70.9 Å². The molecule has 36 heavy (non-hydrogen) atoms. The summed E-state index contributed by atoms with van der Waals surface area (Å²) >= 11 is 1.45. The number of nitrogens with one attached hydrogen (secondary N) is 3. The van der Waals surface area contributed by atoms with E-state index in [1.807, 2.05) is 24.5 Å². The number of carboxylic acids is 1. The second-order valence-electron chi connectivity index (χ2n) is 8.77. The quantitative estimate of drug-likeness (QED) is 0.171. The van der Waals surface area contributed by atoms with Crippen molar-refractivity contribution in [3.63, 3.8) is 0 Å². The minimum atomic E-state index is -1.34. The Morgan fingerprint density at radius 3 is 1.97 bits per heavy atom. The molecule has 11 nitrogen and oxygen atoms in total. The van der Waals surface area contributed by atoms with Crippen molar-refractivity contribution in [2.45, 2.75) is 63.7 Å². The number of hydrogen-bond acceptors (Lipinski definition) is 7. The minimum Gasteiger partial charge on any atom is -0.480 e. The van der Waals surface area contributed by atoms with E-state index in [4.69, 9.17) is 11.5 Å². The fourth-order valence-corrected chi connectivity index (χ4v) is 3.69. The van der Waals surface area contributed by atoms with Crippen molar-refractivity contribution in [3.05, 3.63) is 35.9 Å². The Hall–Kier alpha value is -3.12. The lowest BCUT2D eigenvalue weighted by atomic mass is 10.0. The normalized spacial score (nSPS) is 14.2. The summed E-state index contributed by atoms with van der Waals surface area (Å²) in [5.74, 6) is -3.47. The molecular formula is C24H37N5O6S. The highest BCUT2D eigenvalue weighted by atomic mass is 32.2. The standard InChI is InChI=1S/C24H37N5O6S/c1-14(2)20(26)23(33)29-18(13-15-7-5-4-6-8-15)22(32)27-16(11-12-36-3)21(31)28-17(24(34)35)9-10-19(25)30/h4-8,14,16-18,20H,9-13,26H2,1-3H3,(H2,25,30)(H,27,32)(H,28,31)(H,29,33)(H,34,35). The molecule has 0 aliphatic rings. The molecule has 0 radical (unpaired) electrons. The summed E-state index contributed by atoms with van der Waals surface area (Å²) in [6, 6.07) is 4.80. The van der Waals surface area contributed by atoms with Gasteiger partial charge >= 0.3 is 5.97 Å². The number of carboxylic acid groups (broad SMARTS) is 1. The molecule has 0 aliphatic carbocycles. The van der Waals surface area contributed by atoms with Crippen molar-refractivity contribution in [2.24, 2.45) is 17.4 Å². The molecule has 0 fully saturated rings. The summed E-state index contributed by atoms with van der Waals surface area (Å²) < 4.78 is 0. The van der Waals surface area contributed by atoms with Crippen LogP contribution in [0.4, 0.5) is 0 Å². The van der Waals surface area contributed by atoms with Crippen LogP contribution in [0.2, 0.25) is 0 Å². The van der Waals surface area contributed by atoms with Crippen molar-refractivity contribution < 1.29 is 29.1 Å². The van der Waals surface area contributed by atoms with Gasteiger partial charge in [-0.2, -0.15) is 11.8 Å². The lowest BCUT2D eigenvalue weighted by Crippen LogP contribution is -2.58. The van der Waals surface area contributed by atoms with Gasteiger partial charge in [0.15, 0.2) is 0 Å². The van der Waals surface area contributed by atoms with E-state index in [0.717, 1.165) is 5.56 Å². The van der Waals surface area contributed by atoms with Gasteiger partial charge in [0.25, 0.3) is 0 Å². The molecule has 0 aromatic heterocycles. The lowest BCUT2D eigenvalue weighted by molar-refractivity contribution is -0.142. The Balaban J connectivity index is 3.07. The average molecular weight is 524 g/mol. The maximum atomic E-state index is 13.3. The fourth-order valence-electron chi connectivity index (χ4n) is 3.22. The van der Waals surface area contributed by atoms with Crippen molar-refractivity contribution in [2.75, 3.05) is 12.0 Å². The van der Waals surface area contributed by atoms with Gasteiger partial charge in [-0.25, -0.2) is 4.79 Å². The topological polar surface area (TPSA) is 194 Å². The van der Waals surface area contributed by atoms with Crippen LogP contribution in [0.5, 0.6) is 0 Å². The van der Waals surface area contributed by atoms with Crippen LogP contribution in [-0.2, 0) is 30.4 Å². The third kappa shape index (κ3) is 11.1. The van der Waals surface area contributed by atoms with Crippen LogP contribution in [0.15, 0.2) is 30.3 Å². The number of benzene rings is 1. The van der Waals surface area contributed by atoms with Gasteiger partial charge in [0.05, 0.1) is 6.04 Å². The van der Waals surface area contributed by atoms with E-state index in [-0.39, 0.29) is 31.6 Å². The number of carbonyl (C=O) groups is 5. The maximum absolute atomic E-state index is 13.3. The minimum absolute atomic E-state index is 0.154. The predicted molar refractivity (Wildman–Crippen MR) is 138 cm³/mol. The molecule has 4 amide bonds. The van der Waals surface area contributed by atoms with Gasteiger partial charge < -0.3 is 32.5 Å². The Morgan fingerprint density at radius 2 is 1.44 bits per heavy atom. The first-order valence-corrected chi connectivity index (χ1v) is 13.1. The van der Waals surface area contributed by atoms with Crippen molar-refractivity contribution in [1.82, 2.24) is 16.0 Å². The molecule has 0 saturated heterocycles. The Kier molecular flexibility index (Phi) is 13.6. The molecular weight excluding hydrogens is 486 g/mol. The van der Waals surface area contributed by atoms with E-state index in [2.05, 4.69) is 16.0 Å². The maximum Gasteiger partial charge on any atom is 0.326 e. The van der Waals surface area contributed by atoms with Crippen LogP contribution in [0.3, 0.4) is 0 Å². The Bertz CT molecular complexity index is 898. The molecule has 0 bridgehead atoms. The van der Waals surface area contributed by atoms with Crippen LogP contribution < -0.4 is 27.4 Å². The molecule has 0 spiro atoms. The first kappa shape index (κ1) is 30.9. The van der Waals surface area contributed by atoms with Crippen molar-refractivity contribution >= 4 is 41.4 Å². The lowest BCUT2D eigenvalue weighted by Gasteiger charge is -2.26. The van der Waals surface area contributed by atoms with Gasteiger partial charge in [-0.15, -0.1) is 0 Å². The van der Waals surface area contributed by atoms with E-state index in [9.17, 15) is 29.1 Å². The number of primary amides is 1. The fraction of sp³-hybridized carbons (Fsp3) is 0.542. The number of rotatable bonds is 16. The number of carbonyl (C=O) groups excluding carboxylic acids is 4. The zero-order valence-corrected chi connectivity index (χ0v) is 21.7.